The summed E-state index contributed by atoms with van der Waals surface area (Å²) in [6.07, 6.45) is 33.8. The molecule has 0 aliphatic rings. The van der Waals surface area contributed by atoms with Crippen molar-refractivity contribution >= 4 is 0 Å². The Hall–Kier alpha value is -0.790. The number of rotatable bonds is 23. The molecule has 1 heterocycles. The lowest BCUT2D eigenvalue weighted by Gasteiger charge is -2.17. The number of H-pyrrole nitrogens is 1. The van der Waals surface area contributed by atoms with Gasteiger partial charge >= 0.3 is 0 Å². The van der Waals surface area contributed by atoms with E-state index in [0.717, 1.165) is 0 Å². The van der Waals surface area contributed by atoms with Crippen molar-refractivity contribution in [2.75, 3.05) is 0 Å². The minimum atomic E-state index is 0.624. The van der Waals surface area contributed by atoms with Crippen molar-refractivity contribution in [2.24, 2.45) is 0 Å². The van der Waals surface area contributed by atoms with Crippen LogP contribution in [0.25, 0.3) is 0 Å². The molecule has 2 unspecified atom stereocenters. The second-order valence-electron chi connectivity index (χ2n) is 10.5. The van der Waals surface area contributed by atoms with Crippen LogP contribution >= 0.6 is 0 Å². The van der Waals surface area contributed by atoms with Gasteiger partial charge in [-0.2, -0.15) is 0 Å². The van der Waals surface area contributed by atoms with Gasteiger partial charge in [0.15, 0.2) is 0 Å². The summed E-state index contributed by atoms with van der Waals surface area (Å²) >= 11 is 0. The van der Waals surface area contributed by atoms with Gasteiger partial charge < -0.3 is 0 Å². The second kappa shape index (κ2) is 20.8. The Kier molecular flexibility index (Phi) is 19.0. The Bertz CT molecular complexity index is 507. The van der Waals surface area contributed by atoms with Gasteiger partial charge in [-0.3, -0.25) is 0 Å². The highest BCUT2D eigenvalue weighted by Gasteiger charge is 2.25. The first-order chi connectivity index (χ1) is 15.7. The second-order valence-corrected chi connectivity index (χ2v) is 10.5. The zero-order valence-electron chi connectivity index (χ0n) is 22.6. The van der Waals surface area contributed by atoms with Crippen molar-refractivity contribution in [3.8, 4) is 0 Å². The Balaban J connectivity index is 2.55. The Morgan fingerprint density at radius 1 is 0.594 bits per heavy atom. The van der Waals surface area contributed by atoms with E-state index in [4.69, 9.17) is 0 Å². The van der Waals surface area contributed by atoms with Crippen molar-refractivity contribution in [1.29, 1.82) is 0 Å². The van der Waals surface area contributed by atoms with E-state index in [1.54, 1.807) is 0 Å². The summed E-state index contributed by atoms with van der Waals surface area (Å²) < 4.78 is 2.60. The molecule has 0 bridgehead atoms. The fraction of sp³-hybridized carbons (Fsp3) is 0.900. The van der Waals surface area contributed by atoms with Crippen LogP contribution in [0.4, 0.5) is 0 Å². The van der Waals surface area contributed by atoms with Crippen LogP contribution in [0.5, 0.6) is 0 Å². The lowest BCUT2D eigenvalue weighted by atomic mass is 9.93. The minimum Gasteiger partial charge on any atom is -0.247 e. The molecule has 0 amide bonds. The van der Waals surface area contributed by atoms with Crippen LogP contribution in [0.1, 0.15) is 180 Å². The average Bonchev–Trinajstić information content (AvgIpc) is 3.29. The molecule has 0 saturated heterocycles. The summed E-state index contributed by atoms with van der Waals surface area (Å²) in [6, 6.07) is 0.624. The highest BCUT2D eigenvalue weighted by molar-refractivity contribution is 4.90. The van der Waals surface area contributed by atoms with Crippen LogP contribution in [-0.2, 0) is 0 Å². The first kappa shape index (κ1) is 29.2. The maximum atomic E-state index is 3.69. The summed E-state index contributed by atoms with van der Waals surface area (Å²) in [5, 5.41) is 0. The molecule has 0 spiro atoms. The van der Waals surface area contributed by atoms with Gasteiger partial charge in [-0.25, -0.2) is 9.55 Å². The van der Waals surface area contributed by atoms with Crippen molar-refractivity contribution in [3.63, 3.8) is 0 Å². The van der Waals surface area contributed by atoms with Gasteiger partial charge in [0.25, 0.3) is 5.82 Å². The number of hydrogen-bond donors (Lipinski definition) is 1. The van der Waals surface area contributed by atoms with Gasteiger partial charge in [0.1, 0.15) is 12.4 Å². The molecule has 2 heteroatoms. The maximum absolute atomic E-state index is 3.69. The van der Waals surface area contributed by atoms with E-state index in [2.05, 4.69) is 49.6 Å². The molecule has 0 aliphatic carbocycles. The van der Waals surface area contributed by atoms with Crippen molar-refractivity contribution in [3.05, 3.63) is 18.2 Å². The SMILES string of the molecule is CCCCCCCCCC(CCCCCCCC)c1[nH]cc[n+]1C(C)CCCCCCC. The number of imidazole rings is 1. The molecule has 0 radical (unpaired) electrons. The van der Waals surface area contributed by atoms with E-state index in [9.17, 15) is 0 Å². The number of aromatic nitrogens is 2. The Labute approximate surface area is 202 Å². The fourth-order valence-corrected chi connectivity index (χ4v) is 5.19. The molecule has 0 aliphatic heterocycles. The highest BCUT2D eigenvalue weighted by Crippen LogP contribution is 2.27. The third-order valence-corrected chi connectivity index (χ3v) is 7.39. The predicted octanol–water partition coefficient (Wildman–Crippen LogP) is 10.2. The Morgan fingerprint density at radius 2 is 1.00 bits per heavy atom. The van der Waals surface area contributed by atoms with Crippen molar-refractivity contribution in [1.82, 2.24) is 4.98 Å². The van der Waals surface area contributed by atoms with Gasteiger partial charge in [-0.1, -0.05) is 130 Å². The van der Waals surface area contributed by atoms with E-state index in [-0.39, 0.29) is 0 Å². The average molecular weight is 448 g/mol. The molecule has 188 valence electrons. The third kappa shape index (κ3) is 13.7. The summed E-state index contributed by atoms with van der Waals surface area (Å²) in [5.41, 5.74) is 0. The number of aromatic amines is 1. The summed E-state index contributed by atoms with van der Waals surface area (Å²) in [4.78, 5) is 3.69. The van der Waals surface area contributed by atoms with Crippen LogP contribution in [0.2, 0.25) is 0 Å². The minimum absolute atomic E-state index is 0.624. The highest BCUT2D eigenvalue weighted by atomic mass is 15.1. The number of hydrogen-bond acceptors (Lipinski definition) is 0. The fourth-order valence-electron chi connectivity index (χ4n) is 5.19. The molecule has 0 fully saturated rings. The monoisotopic (exact) mass is 447 g/mol. The standard InChI is InChI=1S/C30H58N2/c1-5-8-11-14-16-19-22-25-29(24-21-18-15-12-9-6-2)30-31-26-27-32(30)28(4)23-20-17-13-10-7-3/h26-29H,5-25H2,1-4H3/p+1. The van der Waals surface area contributed by atoms with Crippen molar-refractivity contribution < 1.29 is 4.57 Å². The summed E-state index contributed by atoms with van der Waals surface area (Å²) in [6.45, 7) is 9.37. The van der Waals surface area contributed by atoms with Gasteiger partial charge in [0.2, 0.25) is 0 Å². The first-order valence-electron chi connectivity index (χ1n) is 14.8. The van der Waals surface area contributed by atoms with Crippen LogP contribution < -0.4 is 4.57 Å². The van der Waals surface area contributed by atoms with Crippen LogP contribution in [0.3, 0.4) is 0 Å². The molecule has 1 aromatic heterocycles. The largest absolute Gasteiger partial charge is 0.257 e. The molecule has 1 rings (SSSR count). The molecule has 1 aromatic rings. The molecule has 32 heavy (non-hydrogen) atoms. The third-order valence-electron chi connectivity index (χ3n) is 7.39. The van der Waals surface area contributed by atoms with Gasteiger partial charge in [-0.05, 0) is 32.6 Å². The van der Waals surface area contributed by atoms with Gasteiger partial charge in [0, 0.05) is 0 Å². The zero-order valence-corrected chi connectivity index (χ0v) is 22.6. The van der Waals surface area contributed by atoms with Gasteiger partial charge in [0.05, 0.1) is 12.0 Å². The van der Waals surface area contributed by atoms with Crippen molar-refractivity contribution in [2.45, 2.75) is 174 Å². The normalized spacial score (nSPS) is 13.5. The van der Waals surface area contributed by atoms with E-state index in [0.29, 0.717) is 12.0 Å². The molecule has 2 nitrogen and oxygen atoms in total. The number of unbranched alkanes of at least 4 members (excludes halogenated alkanes) is 15. The lowest BCUT2D eigenvalue weighted by molar-refractivity contribution is -0.727. The Morgan fingerprint density at radius 3 is 1.47 bits per heavy atom. The molecule has 0 saturated carbocycles. The van der Waals surface area contributed by atoms with E-state index in [1.807, 2.05) is 0 Å². The van der Waals surface area contributed by atoms with Crippen LogP contribution in [-0.4, -0.2) is 4.98 Å². The maximum Gasteiger partial charge on any atom is 0.257 e. The molecular formula is C30H59N2+. The molecular weight excluding hydrogens is 388 g/mol. The predicted molar refractivity (Wildman–Crippen MR) is 142 cm³/mol. The topological polar surface area (TPSA) is 19.7 Å². The lowest BCUT2D eigenvalue weighted by Crippen LogP contribution is -2.41. The van der Waals surface area contributed by atoms with E-state index < -0.39 is 0 Å². The van der Waals surface area contributed by atoms with Gasteiger partial charge in [-0.15, -0.1) is 0 Å². The van der Waals surface area contributed by atoms with Crippen LogP contribution in [0.15, 0.2) is 12.4 Å². The number of nitrogens with zero attached hydrogens (tertiary/aromatic N) is 1. The zero-order chi connectivity index (χ0) is 23.3. The smallest absolute Gasteiger partial charge is 0.247 e. The van der Waals surface area contributed by atoms with E-state index in [1.165, 1.54) is 141 Å². The molecule has 1 N–H and O–H groups in total. The first-order valence-corrected chi connectivity index (χ1v) is 14.8. The molecule has 2 atom stereocenters. The quantitative estimate of drug-likeness (QED) is 0.127. The van der Waals surface area contributed by atoms with E-state index >= 15 is 0 Å². The summed E-state index contributed by atoms with van der Waals surface area (Å²) in [5.74, 6) is 2.24. The number of nitrogens with one attached hydrogen (secondary N) is 1. The molecule has 0 aromatic carbocycles. The summed E-state index contributed by atoms with van der Waals surface area (Å²) in [7, 11) is 0. The van der Waals surface area contributed by atoms with Crippen LogP contribution in [0, 0.1) is 0 Å².